The van der Waals surface area contributed by atoms with Crippen molar-refractivity contribution in [2.24, 2.45) is 5.92 Å². The van der Waals surface area contributed by atoms with E-state index in [1.807, 2.05) is 0 Å². The summed E-state index contributed by atoms with van der Waals surface area (Å²) >= 11 is 0. The summed E-state index contributed by atoms with van der Waals surface area (Å²) in [6.07, 6.45) is 1.58. The van der Waals surface area contributed by atoms with Crippen molar-refractivity contribution in [1.29, 1.82) is 0 Å². The van der Waals surface area contributed by atoms with E-state index in [1.54, 1.807) is 6.92 Å². The number of anilines is 1. The molecular weight excluding hydrogens is 283 g/mol. The first kappa shape index (κ1) is 15.2. The molecule has 1 heterocycles. The van der Waals surface area contributed by atoms with E-state index in [2.05, 4.69) is 4.72 Å². The Labute approximate surface area is 118 Å². The highest BCUT2D eigenvalue weighted by Crippen LogP contribution is 2.24. The largest absolute Gasteiger partial charge is 0.398 e. The molecule has 1 aliphatic rings. The summed E-state index contributed by atoms with van der Waals surface area (Å²) in [6, 6.07) is 3.55. The normalized spacial score (nSPS) is 18.9. The van der Waals surface area contributed by atoms with Crippen LogP contribution in [0.1, 0.15) is 19.8 Å². The quantitative estimate of drug-likeness (QED) is 0.826. The van der Waals surface area contributed by atoms with Gasteiger partial charge in [0.2, 0.25) is 10.0 Å². The smallest absolute Gasteiger partial charge is 0.245 e. The van der Waals surface area contributed by atoms with Gasteiger partial charge in [0, 0.05) is 19.3 Å². The Kier molecular flexibility index (Phi) is 4.62. The minimum absolute atomic E-state index is 0.0864. The first-order valence-electron chi connectivity index (χ1n) is 6.56. The van der Waals surface area contributed by atoms with Crippen LogP contribution in [0.15, 0.2) is 23.1 Å². The van der Waals surface area contributed by atoms with Crippen LogP contribution >= 0.6 is 0 Å². The molecule has 1 aliphatic heterocycles. The molecule has 1 unspecified atom stereocenters. The lowest BCUT2D eigenvalue weighted by Gasteiger charge is -2.28. The van der Waals surface area contributed by atoms with Gasteiger partial charge in [0.05, 0.1) is 5.69 Å². The van der Waals surface area contributed by atoms with Crippen LogP contribution in [0.5, 0.6) is 0 Å². The molecule has 0 spiro atoms. The molecule has 112 valence electrons. The van der Waals surface area contributed by atoms with Gasteiger partial charge < -0.3 is 10.5 Å². The number of hydrogen-bond acceptors (Lipinski definition) is 4. The van der Waals surface area contributed by atoms with Crippen LogP contribution < -0.4 is 10.5 Å². The number of ether oxygens (including phenoxy) is 1. The third-order valence-electron chi connectivity index (χ3n) is 3.58. The molecule has 1 aromatic carbocycles. The van der Waals surface area contributed by atoms with Crippen molar-refractivity contribution >= 4 is 15.7 Å². The second-order valence-corrected chi connectivity index (χ2v) is 6.67. The molecule has 0 saturated carbocycles. The Balaban J connectivity index is 2.18. The van der Waals surface area contributed by atoms with E-state index in [9.17, 15) is 12.8 Å². The van der Waals surface area contributed by atoms with Gasteiger partial charge in [-0.1, -0.05) is 6.07 Å². The molecule has 0 aromatic heterocycles. The maximum absolute atomic E-state index is 13.7. The summed E-state index contributed by atoms with van der Waals surface area (Å²) < 4.78 is 46.0. The zero-order valence-corrected chi connectivity index (χ0v) is 12.1. The molecule has 0 aliphatic carbocycles. The Morgan fingerprint density at radius 1 is 1.40 bits per heavy atom. The maximum atomic E-state index is 13.7. The molecule has 0 amide bonds. The van der Waals surface area contributed by atoms with Crippen molar-refractivity contribution < 1.29 is 17.5 Å². The maximum Gasteiger partial charge on any atom is 0.245 e. The van der Waals surface area contributed by atoms with Gasteiger partial charge in [-0.25, -0.2) is 17.5 Å². The zero-order valence-electron chi connectivity index (χ0n) is 11.3. The lowest BCUT2D eigenvalue weighted by molar-refractivity contribution is 0.0585. The molecule has 7 heteroatoms. The van der Waals surface area contributed by atoms with Gasteiger partial charge in [-0.05, 0) is 37.8 Å². The van der Waals surface area contributed by atoms with E-state index in [0.717, 1.165) is 18.9 Å². The number of sulfonamides is 1. The van der Waals surface area contributed by atoms with Crippen LogP contribution in [-0.4, -0.2) is 27.7 Å². The van der Waals surface area contributed by atoms with E-state index in [0.29, 0.717) is 13.2 Å². The molecule has 0 radical (unpaired) electrons. The fourth-order valence-electron chi connectivity index (χ4n) is 2.42. The molecule has 20 heavy (non-hydrogen) atoms. The average molecular weight is 302 g/mol. The first-order chi connectivity index (χ1) is 9.42. The second-order valence-electron chi connectivity index (χ2n) is 5.02. The lowest BCUT2D eigenvalue weighted by atomic mass is 9.94. The molecule has 3 N–H and O–H groups in total. The van der Waals surface area contributed by atoms with E-state index in [4.69, 9.17) is 10.5 Å². The van der Waals surface area contributed by atoms with Crippen LogP contribution in [0, 0.1) is 11.7 Å². The van der Waals surface area contributed by atoms with Crippen molar-refractivity contribution in [3.63, 3.8) is 0 Å². The summed E-state index contributed by atoms with van der Waals surface area (Å²) in [6.45, 7) is 3.03. The second kappa shape index (κ2) is 6.07. The van der Waals surface area contributed by atoms with Crippen LogP contribution in [-0.2, 0) is 14.8 Å². The molecule has 1 atom stereocenters. The third-order valence-corrected chi connectivity index (χ3v) is 5.23. The number of hydrogen-bond donors (Lipinski definition) is 2. The minimum atomic E-state index is -3.96. The Morgan fingerprint density at radius 2 is 2.05 bits per heavy atom. The number of rotatable bonds is 4. The predicted molar refractivity (Wildman–Crippen MR) is 74.1 cm³/mol. The Hall–Kier alpha value is -1.18. The lowest BCUT2D eigenvalue weighted by Crippen LogP contribution is -2.40. The Morgan fingerprint density at radius 3 is 2.65 bits per heavy atom. The van der Waals surface area contributed by atoms with Gasteiger partial charge in [-0.15, -0.1) is 0 Å². The zero-order chi connectivity index (χ0) is 14.8. The summed E-state index contributed by atoms with van der Waals surface area (Å²) in [7, 11) is -3.96. The number of halogens is 1. The van der Waals surface area contributed by atoms with Gasteiger partial charge in [0.25, 0.3) is 0 Å². The number of benzene rings is 1. The molecular formula is C13H19FN2O3S. The van der Waals surface area contributed by atoms with Crippen molar-refractivity contribution in [3.05, 3.63) is 24.0 Å². The van der Waals surface area contributed by atoms with E-state index < -0.39 is 20.7 Å². The average Bonchev–Trinajstić information content (AvgIpc) is 2.38. The number of nitrogens with one attached hydrogen (secondary N) is 1. The van der Waals surface area contributed by atoms with Crippen molar-refractivity contribution in [2.75, 3.05) is 18.9 Å². The van der Waals surface area contributed by atoms with Crippen LogP contribution in [0.3, 0.4) is 0 Å². The topological polar surface area (TPSA) is 81.4 Å². The molecule has 1 aromatic rings. The molecule has 0 bridgehead atoms. The SMILES string of the molecule is CC(NS(=O)(=O)c1c(N)cccc1F)C1CCOCC1. The molecule has 1 fully saturated rings. The summed E-state index contributed by atoms with van der Waals surface area (Å²) in [5, 5.41) is 0. The van der Waals surface area contributed by atoms with E-state index >= 15 is 0 Å². The number of nitrogen functional groups attached to an aromatic ring is 1. The summed E-state index contributed by atoms with van der Waals surface area (Å²) in [5.74, 6) is -0.650. The molecule has 2 rings (SSSR count). The third kappa shape index (κ3) is 3.28. The fraction of sp³-hybridized carbons (Fsp3) is 0.538. The predicted octanol–water partition coefficient (Wildman–Crippen LogP) is 1.50. The van der Waals surface area contributed by atoms with Crippen LogP contribution in [0.2, 0.25) is 0 Å². The molecule has 5 nitrogen and oxygen atoms in total. The minimum Gasteiger partial charge on any atom is -0.398 e. The van der Waals surface area contributed by atoms with Crippen LogP contribution in [0.4, 0.5) is 10.1 Å². The van der Waals surface area contributed by atoms with Crippen molar-refractivity contribution in [2.45, 2.75) is 30.7 Å². The monoisotopic (exact) mass is 302 g/mol. The van der Waals surface area contributed by atoms with Gasteiger partial charge in [-0.2, -0.15) is 0 Å². The Bertz CT molecular complexity index is 551. The van der Waals surface area contributed by atoms with Gasteiger partial charge >= 0.3 is 0 Å². The standard InChI is InChI=1S/C13H19FN2O3S/c1-9(10-5-7-19-8-6-10)16-20(17,18)13-11(14)3-2-4-12(13)15/h2-4,9-10,16H,5-8,15H2,1H3. The van der Waals surface area contributed by atoms with Gasteiger partial charge in [0.15, 0.2) is 0 Å². The van der Waals surface area contributed by atoms with Crippen LogP contribution in [0.25, 0.3) is 0 Å². The molecule has 1 saturated heterocycles. The summed E-state index contributed by atoms with van der Waals surface area (Å²) in [5.41, 5.74) is 5.50. The van der Waals surface area contributed by atoms with E-state index in [-0.39, 0.29) is 17.6 Å². The summed E-state index contributed by atoms with van der Waals surface area (Å²) in [4.78, 5) is -0.473. The van der Waals surface area contributed by atoms with Gasteiger partial charge in [0.1, 0.15) is 10.7 Å². The van der Waals surface area contributed by atoms with Gasteiger partial charge in [-0.3, -0.25) is 0 Å². The van der Waals surface area contributed by atoms with Crippen molar-refractivity contribution in [1.82, 2.24) is 4.72 Å². The van der Waals surface area contributed by atoms with E-state index in [1.165, 1.54) is 12.1 Å². The highest BCUT2D eigenvalue weighted by Gasteiger charge is 2.28. The fourth-order valence-corrected chi connectivity index (χ4v) is 3.93. The van der Waals surface area contributed by atoms with Crippen molar-refractivity contribution in [3.8, 4) is 0 Å². The number of nitrogens with two attached hydrogens (primary N) is 1. The highest BCUT2D eigenvalue weighted by atomic mass is 32.2. The highest BCUT2D eigenvalue weighted by molar-refractivity contribution is 7.89. The first-order valence-corrected chi connectivity index (χ1v) is 8.04.